The molecule has 0 spiro atoms. The monoisotopic (exact) mass is 194 g/mol. The Morgan fingerprint density at radius 2 is 2.00 bits per heavy atom. The quantitative estimate of drug-likeness (QED) is 0.658. The summed E-state index contributed by atoms with van der Waals surface area (Å²) in [7, 11) is 0. The van der Waals surface area contributed by atoms with Gasteiger partial charge in [-0.15, -0.1) is 0 Å². The molecule has 1 heteroatoms. The predicted molar refractivity (Wildman–Crippen MR) is 58.0 cm³/mol. The van der Waals surface area contributed by atoms with Gasteiger partial charge in [0, 0.05) is 12.3 Å². The van der Waals surface area contributed by atoms with Crippen molar-refractivity contribution in [3.63, 3.8) is 0 Å². The molecule has 2 saturated carbocycles. The van der Waals surface area contributed by atoms with Gasteiger partial charge < -0.3 is 0 Å². The third-order valence-corrected chi connectivity index (χ3v) is 4.94. The Morgan fingerprint density at radius 3 is 2.43 bits per heavy atom. The summed E-state index contributed by atoms with van der Waals surface area (Å²) in [5, 5.41) is 0. The zero-order valence-corrected chi connectivity index (χ0v) is 9.89. The normalized spacial score (nSPS) is 44.3. The Bertz CT molecular complexity index is 262. The van der Waals surface area contributed by atoms with E-state index in [0.717, 1.165) is 12.3 Å². The molecule has 3 atom stereocenters. The summed E-state index contributed by atoms with van der Waals surface area (Å²) in [4.78, 5) is 12.0. The van der Waals surface area contributed by atoms with E-state index >= 15 is 0 Å². The molecule has 3 unspecified atom stereocenters. The summed E-state index contributed by atoms with van der Waals surface area (Å²) in [6.07, 6.45) is 4.63. The van der Waals surface area contributed by atoms with Crippen molar-refractivity contribution in [3.05, 3.63) is 0 Å². The number of Topliss-reactive ketones (excluding diaryl/α,β-unsaturated/α-hetero) is 1. The van der Waals surface area contributed by atoms with Gasteiger partial charge in [0.05, 0.1) is 0 Å². The summed E-state index contributed by atoms with van der Waals surface area (Å²) < 4.78 is 0. The number of rotatable bonds is 2. The van der Waals surface area contributed by atoms with Crippen LogP contribution in [-0.2, 0) is 4.79 Å². The number of hydrogen-bond donors (Lipinski definition) is 0. The molecule has 0 radical (unpaired) electrons. The summed E-state index contributed by atoms with van der Waals surface area (Å²) in [5.74, 6) is 1.63. The van der Waals surface area contributed by atoms with Crippen LogP contribution in [0.15, 0.2) is 0 Å². The molecule has 2 aliphatic carbocycles. The van der Waals surface area contributed by atoms with Crippen LogP contribution < -0.4 is 0 Å². The largest absolute Gasteiger partial charge is 0.299 e. The van der Waals surface area contributed by atoms with Crippen LogP contribution in [0.3, 0.4) is 0 Å². The second-order valence-electron chi connectivity index (χ2n) is 6.17. The fourth-order valence-corrected chi connectivity index (χ4v) is 4.31. The third-order valence-electron chi connectivity index (χ3n) is 4.94. The minimum absolute atomic E-state index is 0.264. The molecule has 2 aliphatic rings. The molecule has 0 amide bonds. The lowest BCUT2D eigenvalue weighted by Crippen LogP contribution is -2.40. The van der Waals surface area contributed by atoms with Crippen LogP contribution in [0.4, 0.5) is 0 Å². The second kappa shape index (κ2) is 2.84. The van der Waals surface area contributed by atoms with E-state index in [-0.39, 0.29) is 5.41 Å². The summed E-state index contributed by atoms with van der Waals surface area (Å²) in [5.41, 5.74) is 0.599. The van der Waals surface area contributed by atoms with Crippen molar-refractivity contribution in [2.45, 2.75) is 53.4 Å². The molecule has 0 aliphatic heterocycles. The van der Waals surface area contributed by atoms with Crippen molar-refractivity contribution < 1.29 is 4.79 Å². The van der Waals surface area contributed by atoms with E-state index in [9.17, 15) is 4.79 Å². The average Bonchev–Trinajstić information content (AvgIpc) is 2.55. The molecule has 0 heterocycles. The minimum atomic E-state index is 0.264. The molecule has 0 aromatic heterocycles. The van der Waals surface area contributed by atoms with Gasteiger partial charge in [-0.3, -0.25) is 4.79 Å². The van der Waals surface area contributed by atoms with Crippen LogP contribution in [0.25, 0.3) is 0 Å². The maximum atomic E-state index is 12.0. The lowest BCUT2D eigenvalue weighted by atomic mass is 9.62. The predicted octanol–water partition coefficient (Wildman–Crippen LogP) is 3.43. The molecule has 2 fully saturated rings. The first-order valence-electron chi connectivity index (χ1n) is 5.94. The van der Waals surface area contributed by atoms with Crippen LogP contribution in [-0.4, -0.2) is 5.78 Å². The van der Waals surface area contributed by atoms with Gasteiger partial charge in [-0.05, 0) is 36.0 Å². The SMILES string of the molecule is CCC(=O)C1C2(C)CCC(C2)C1(C)C. The number of fused-ring (bicyclic) bond motifs is 2. The Labute approximate surface area is 87.3 Å². The molecule has 2 bridgehead atoms. The Balaban J connectivity index is 2.34. The molecular weight excluding hydrogens is 172 g/mol. The molecule has 0 aromatic rings. The van der Waals surface area contributed by atoms with E-state index in [0.29, 0.717) is 17.1 Å². The highest BCUT2D eigenvalue weighted by Crippen LogP contribution is 2.66. The minimum Gasteiger partial charge on any atom is -0.299 e. The van der Waals surface area contributed by atoms with Crippen LogP contribution in [0.5, 0.6) is 0 Å². The van der Waals surface area contributed by atoms with Crippen molar-refractivity contribution in [2.75, 3.05) is 0 Å². The van der Waals surface area contributed by atoms with Gasteiger partial charge in [0.25, 0.3) is 0 Å². The fourth-order valence-electron chi connectivity index (χ4n) is 4.31. The van der Waals surface area contributed by atoms with Crippen molar-refractivity contribution in [2.24, 2.45) is 22.7 Å². The number of ketones is 1. The highest BCUT2D eigenvalue weighted by molar-refractivity contribution is 5.83. The summed E-state index contributed by atoms with van der Waals surface area (Å²) in [6.45, 7) is 8.95. The molecule has 0 saturated heterocycles. The molecule has 0 aromatic carbocycles. The molecule has 14 heavy (non-hydrogen) atoms. The second-order valence-corrected chi connectivity index (χ2v) is 6.17. The van der Waals surface area contributed by atoms with Gasteiger partial charge in [-0.25, -0.2) is 0 Å². The zero-order valence-electron chi connectivity index (χ0n) is 9.89. The average molecular weight is 194 g/mol. The van der Waals surface area contributed by atoms with E-state index in [1.807, 2.05) is 6.92 Å². The van der Waals surface area contributed by atoms with Gasteiger partial charge in [0.1, 0.15) is 5.78 Å². The lowest BCUT2D eigenvalue weighted by molar-refractivity contribution is -0.131. The first kappa shape index (κ1) is 10.2. The van der Waals surface area contributed by atoms with E-state index in [2.05, 4.69) is 20.8 Å². The van der Waals surface area contributed by atoms with Crippen molar-refractivity contribution in [3.8, 4) is 0 Å². The van der Waals surface area contributed by atoms with Gasteiger partial charge in [-0.1, -0.05) is 27.7 Å². The van der Waals surface area contributed by atoms with Gasteiger partial charge in [0.15, 0.2) is 0 Å². The van der Waals surface area contributed by atoms with E-state index < -0.39 is 0 Å². The van der Waals surface area contributed by atoms with Crippen LogP contribution in [0.1, 0.15) is 53.4 Å². The summed E-state index contributed by atoms with van der Waals surface area (Å²) in [6, 6.07) is 0. The Morgan fingerprint density at radius 1 is 1.36 bits per heavy atom. The Kier molecular flexibility index (Phi) is 2.06. The van der Waals surface area contributed by atoms with E-state index in [1.54, 1.807) is 0 Å². The molecule has 0 N–H and O–H groups in total. The van der Waals surface area contributed by atoms with Gasteiger partial charge in [-0.2, -0.15) is 0 Å². The topological polar surface area (TPSA) is 17.1 Å². The standard InChI is InChI=1S/C13H22O/c1-5-10(14)11-12(2,3)9-6-7-13(11,4)8-9/h9,11H,5-8H2,1-4H3. The molecule has 1 nitrogen and oxygen atoms in total. The smallest absolute Gasteiger partial charge is 0.136 e. The number of hydrogen-bond acceptors (Lipinski definition) is 1. The molecule has 2 rings (SSSR count). The van der Waals surface area contributed by atoms with Crippen molar-refractivity contribution in [1.29, 1.82) is 0 Å². The van der Waals surface area contributed by atoms with Gasteiger partial charge in [0.2, 0.25) is 0 Å². The van der Waals surface area contributed by atoms with Crippen molar-refractivity contribution in [1.82, 2.24) is 0 Å². The zero-order chi connectivity index (χ0) is 10.6. The number of carbonyl (C=O) groups is 1. The molecule has 80 valence electrons. The third kappa shape index (κ3) is 1.11. The van der Waals surface area contributed by atoms with Crippen LogP contribution in [0, 0.1) is 22.7 Å². The lowest BCUT2D eigenvalue weighted by Gasteiger charge is -2.41. The van der Waals surface area contributed by atoms with E-state index in [1.165, 1.54) is 19.3 Å². The number of carbonyl (C=O) groups excluding carboxylic acids is 1. The fraction of sp³-hybridized carbons (Fsp3) is 0.923. The highest BCUT2D eigenvalue weighted by atomic mass is 16.1. The molecular formula is C13H22O. The first-order chi connectivity index (χ1) is 6.42. The van der Waals surface area contributed by atoms with Crippen LogP contribution in [0.2, 0.25) is 0 Å². The van der Waals surface area contributed by atoms with Crippen molar-refractivity contribution >= 4 is 5.78 Å². The Hall–Kier alpha value is -0.330. The highest BCUT2D eigenvalue weighted by Gasteiger charge is 2.61. The van der Waals surface area contributed by atoms with Gasteiger partial charge >= 0.3 is 0 Å². The maximum Gasteiger partial charge on any atom is 0.136 e. The van der Waals surface area contributed by atoms with Crippen LogP contribution >= 0.6 is 0 Å². The van der Waals surface area contributed by atoms with E-state index in [4.69, 9.17) is 0 Å². The summed E-state index contributed by atoms with van der Waals surface area (Å²) >= 11 is 0. The maximum absolute atomic E-state index is 12.0. The first-order valence-corrected chi connectivity index (χ1v) is 5.94.